The van der Waals surface area contributed by atoms with Gasteiger partial charge in [-0.05, 0) is 42.7 Å². The SMILES string of the molecule is CC(CNC(=O)c1cccc(N2CCCS2(=O)=O)c1)(c1ccccc1)c1ccccc1. The van der Waals surface area contributed by atoms with Gasteiger partial charge < -0.3 is 5.32 Å². The molecular weight excluding hydrogens is 408 g/mol. The molecule has 0 unspecified atom stereocenters. The summed E-state index contributed by atoms with van der Waals surface area (Å²) in [6.45, 7) is 2.98. The Morgan fingerprint density at radius 3 is 2.10 bits per heavy atom. The molecule has 1 saturated heterocycles. The smallest absolute Gasteiger partial charge is 0.251 e. The van der Waals surface area contributed by atoms with Gasteiger partial charge in [-0.3, -0.25) is 9.10 Å². The van der Waals surface area contributed by atoms with Crippen molar-refractivity contribution in [1.82, 2.24) is 5.32 Å². The maximum Gasteiger partial charge on any atom is 0.251 e. The number of carbonyl (C=O) groups excluding carboxylic acids is 1. The molecule has 1 amide bonds. The van der Waals surface area contributed by atoms with E-state index in [1.807, 2.05) is 36.4 Å². The van der Waals surface area contributed by atoms with E-state index >= 15 is 0 Å². The number of hydrogen-bond acceptors (Lipinski definition) is 3. The van der Waals surface area contributed by atoms with Gasteiger partial charge in [0.1, 0.15) is 0 Å². The molecule has 0 spiro atoms. The molecule has 0 bridgehead atoms. The highest BCUT2D eigenvalue weighted by molar-refractivity contribution is 7.93. The molecule has 5 nitrogen and oxygen atoms in total. The Hall–Kier alpha value is -3.12. The highest BCUT2D eigenvalue weighted by Gasteiger charge is 2.31. The summed E-state index contributed by atoms with van der Waals surface area (Å²) in [6.07, 6.45) is 0.602. The molecule has 0 atom stereocenters. The monoisotopic (exact) mass is 434 g/mol. The first-order chi connectivity index (χ1) is 14.9. The Balaban J connectivity index is 1.57. The molecule has 3 aromatic rings. The number of amides is 1. The summed E-state index contributed by atoms with van der Waals surface area (Å²) in [7, 11) is -3.29. The number of benzene rings is 3. The first kappa shape index (κ1) is 21.1. The average Bonchev–Trinajstić information content (AvgIpc) is 3.17. The lowest BCUT2D eigenvalue weighted by atomic mass is 9.76. The van der Waals surface area contributed by atoms with E-state index in [0.29, 0.717) is 30.8 Å². The van der Waals surface area contributed by atoms with Crippen molar-refractivity contribution in [2.24, 2.45) is 0 Å². The summed E-state index contributed by atoms with van der Waals surface area (Å²) in [4.78, 5) is 13.0. The van der Waals surface area contributed by atoms with E-state index in [9.17, 15) is 13.2 Å². The lowest BCUT2D eigenvalue weighted by molar-refractivity contribution is 0.0947. The normalized spacial score (nSPS) is 15.6. The minimum atomic E-state index is -3.29. The third-order valence-corrected chi connectivity index (χ3v) is 7.79. The van der Waals surface area contributed by atoms with Gasteiger partial charge in [0.25, 0.3) is 5.91 Å². The van der Waals surface area contributed by atoms with Crippen LogP contribution in [0.4, 0.5) is 5.69 Å². The fourth-order valence-electron chi connectivity index (χ4n) is 4.07. The van der Waals surface area contributed by atoms with E-state index in [4.69, 9.17) is 0 Å². The van der Waals surface area contributed by atoms with E-state index < -0.39 is 15.4 Å². The third-order valence-electron chi connectivity index (χ3n) is 5.92. The van der Waals surface area contributed by atoms with Gasteiger partial charge >= 0.3 is 0 Å². The van der Waals surface area contributed by atoms with Gasteiger partial charge in [-0.15, -0.1) is 0 Å². The average molecular weight is 435 g/mol. The van der Waals surface area contributed by atoms with Crippen molar-refractivity contribution in [2.75, 3.05) is 23.1 Å². The van der Waals surface area contributed by atoms with E-state index in [-0.39, 0.29) is 11.7 Å². The summed E-state index contributed by atoms with van der Waals surface area (Å²) >= 11 is 0. The molecule has 1 aliphatic heterocycles. The number of rotatable bonds is 6. The summed E-state index contributed by atoms with van der Waals surface area (Å²) in [5.41, 5.74) is 2.80. The summed E-state index contributed by atoms with van der Waals surface area (Å²) < 4.78 is 25.9. The van der Waals surface area contributed by atoms with E-state index in [0.717, 1.165) is 11.1 Å². The van der Waals surface area contributed by atoms with Gasteiger partial charge in [0.05, 0.1) is 11.4 Å². The summed E-state index contributed by atoms with van der Waals surface area (Å²) in [6, 6.07) is 27.0. The fraction of sp³-hybridized carbons (Fsp3) is 0.240. The number of hydrogen-bond donors (Lipinski definition) is 1. The van der Waals surface area contributed by atoms with Crippen molar-refractivity contribution in [1.29, 1.82) is 0 Å². The quantitative estimate of drug-likeness (QED) is 0.639. The van der Waals surface area contributed by atoms with Crippen LogP contribution in [0.3, 0.4) is 0 Å². The van der Waals surface area contributed by atoms with Gasteiger partial charge in [0, 0.05) is 24.1 Å². The molecule has 1 aliphatic rings. The summed E-state index contributed by atoms with van der Waals surface area (Å²) in [5.74, 6) is -0.0767. The Morgan fingerprint density at radius 2 is 1.55 bits per heavy atom. The van der Waals surface area contributed by atoms with Gasteiger partial charge in [0.2, 0.25) is 10.0 Å². The molecule has 6 heteroatoms. The summed E-state index contributed by atoms with van der Waals surface area (Å²) in [5, 5.41) is 3.07. The predicted molar refractivity (Wildman–Crippen MR) is 124 cm³/mol. The van der Waals surface area contributed by atoms with Gasteiger partial charge in [-0.25, -0.2) is 8.42 Å². The topological polar surface area (TPSA) is 66.5 Å². The minimum absolute atomic E-state index is 0.149. The van der Waals surface area contributed by atoms with E-state index in [1.54, 1.807) is 24.3 Å². The van der Waals surface area contributed by atoms with Crippen LogP contribution < -0.4 is 9.62 Å². The Kier molecular flexibility index (Phi) is 5.83. The lowest BCUT2D eigenvalue weighted by Gasteiger charge is -2.31. The zero-order chi connectivity index (χ0) is 21.9. The zero-order valence-corrected chi connectivity index (χ0v) is 18.3. The number of anilines is 1. The Labute approximate surface area is 183 Å². The van der Waals surface area contributed by atoms with Crippen molar-refractivity contribution in [3.63, 3.8) is 0 Å². The highest BCUT2D eigenvalue weighted by Crippen LogP contribution is 2.31. The number of nitrogens with zero attached hydrogens (tertiary/aromatic N) is 1. The molecule has 31 heavy (non-hydrogen) atoms. The van der Waals surface area contributed by atoms with Crippen molar-refractivity contribution < 1.29 is 13.2 Å². The number of nitrogens with one attached hydrogen (secondary N) is 1. The Bertz CT molecular complexity index is 1120. The second kappa shape index (κ2) is 8.55. The molecule has 0 saturated carbocycles. The molecular formula is C25H26N2O3S. The fourth-order valence-corrected chi connectivity index (χ4v) is 5.63. The van der Waals surface area contributed by atoms with Crippen molar-refractivity contribution in [2.45, 2.75) is 18.8 Å². The van der Waals surface area contributed by atoms with Crippen LogP contribution >= 0.6 is 0 Å². The van der Waals surface area contributed by atoms with Crippen LogP contribution in [-0.4, -0.2) is 33.2 Å². The molecule has 160 valence electrons. The first-order valence-electron chi connectivity index (χ1n) is 10.4. The Morgan fingerprint density at radius 1 is 0.935 bits per heavy atom. The van der Waals surface area contributed by atoms with Crippen molar-refractivity contribution in [3.05, 3.63) is 102 Å². The van der Waals surface area contributed by atoms with Crippen molar-refractivity contribution >= 4 is 21.6 Å². The third kappa shape index (κ3) is 4.35. The molecule has 4 rings (SSSR count). The van der Waals surface area contributed by atoms with Crippen molar-refractivity contribution in [3.8, 4) is 0 Å². The molecule has 0 aromatic heterocycles. The first-order valence-corrected chi connectivity index (χ1v) is 12.0. The molecule has 0 radical (unpaired) electrons. The molecule has 1 fully saturated rings. The maximum absolute atomic E-state index is 13.0. The van der Waals surface area contributed by atoms with Crippen LogP contribution in [0.5, 0.6) is 0 Å². The van der Waals surface area contributed by atoms with Crippen LogP contribution in [0, 0.1) is 0 Å². The van der Waals surface area contributed by atoms with Crippen LogP contribution in [0.1, 0.15) is 34.8 Å². The zero-order valence-electron chi connectivity index (χ0n) is 17.5. The molecule has 0 aliphatic carbocycles. The van der Waals surface area contributed by atoms with E-state index in [2.05, 4.69) is 36.5 Å². The minimum Gasteiger partial charge on any atom is -0.351 e. The van der Waals surface area contributed by atoms with Gasteiger partial charge in [-0.1, -0.05) is 66.7 Å². The van der Waals surface area contributed by atoms with Crippen LogP contribution in [0.2, 0.25) is 0 Å². The van der Waals surface area contributed by atoms with E-state index in [1.165, 1.54) is 4.31 Å². The molecule has 1 heterocycles. The lowest BCUT2D eigenvalue weighted by Crippen LogP contribution is -2.39. The van der Waals surface area contributed by atoms with Gasteiger partial charge in [0.15, 0.2) is 0 Å². The maximum atomic E-state index is 13.0. The van der Waals surface area contributed by atoms with Crippen LogP contribution in [-0.2, 0) is 15.4 Å². The molecule has 3 aromatic carbocycles. The standard InChI is InChI=1S/C25H26N2O3S/c1-25(21-11-4-2-5-12-21,22-13-6-3-7-14-22)19-26-24(28)20-10-8-15-23(18-20)27-16-9-17-31(27,29)30/h2-8,10-15,18H,9,16-17,19H2,1H3,(H,26,28). The predicted octanol–water partition coefficient (Wildman–Crippen LogP) is 3.96. The number of sulfonamides is 1. The number of carbonyl (C=O) groups is 1. The van der Waals surface area contributed by atoms with Gasteiger partial charge in [-0.2, -0.15) is 0 Å². The van der Waals surface area contributed by atoms with Crippen LogP contribution in [0.25, 0.3) is 0 Å². The van der Waals surface area contributed by atoms with Crippen LogP contribution in [0.15, 0.2) is 84.9 Å². The second-order valence-corrected chi connectivity index (χ2v) is 10.1. The highest BCUT2D eigenvalue weighted by atomic mass is 32.2. The second-order valence-electron chi connectivity index (χ2n) is 8.04. The largest absolute Gasteiger partial charge is 0.351 e. The molecule has 1 N–H and O–H groups in total.